The Balaban J connectivity index is 1.93. The van der Waals surface area contributed by atoms with Crippen LogP contribution in [0.15, 0.2) is 18.2 Å². The van der Waals surface area contributed by atoms with Gasteiger partial charge in [-0.05, 0) is 50.6 Å². The van der Waals surface area contributed by atoms with Gasteiger partial charge in [0.25, 0.3) is 0 Å². The van der Waals surface area contributed by atoms with Gasteiger partial charge in [0.15, 0.2) is 0 Å². The van der Waals surface area contributed by atoms with Crippen LogP contribution in [0.3, 0.4) is 0 Å². The van der Waals surface area contributed by atoms with E-state index in [1.54, 1.807) is 0 Å². The quantitative estimate of drug-likeness (QED) is 0.931. The molecular weight excluding hydrogens is 278 g/mol. The van der Waals surface area contributed by atoms with Crippen LogP contribution in [0.5, 0.6) is 0 Å². The monoisotopic (exact) mass is 301 g/mol. The maximum atomic E-state index is 4.79. The van der Waals surface area contributed by atoms with Crippen molar-refractivity contribution < 1.29 is 0 Å². The third-order valence-electron chi connectivity index (χ3n) is 4.19. The second kappa shape index (κ2) is 5.78. The van der Waals surface area contributed by atoms with Gasteiger partial charge in [-0.2, -0.15) is 0 Å². The van der Waals surface area contributed by atoms with Crippen LogP contribution in [-0.2, 0) is 6.42 Å². The number of nitrogens with one attached hydrogen (secondary N) is 1. The molecule has 0 saturated carbocycles. The molecule has 3 nitrogen and oxygen atoms in total. The minimum Gasteiger partial charge on any atom is -0.374 e. The second-order valence-electron chi connectivity index (χ2n) is 5.76. The Morgan fingerprint density at radius 2 is 2.24 bits per heavy atom. The number of aryl methyl sites for hydroxylation is 1. The highest BCUT2D eigenvalue weighted by atomic mass is 32.1. The molecule has 0 spiro atoms. The molecule has 0 amide bonds. The zero-order valence-corrected chi connectivity index (χ0v) is 14.0. The summed E-state index contributed by atoms with van der Waals surface area (Å²) in [6.07, 6.45) is 1.14. The Kier molecular flexibility index (Phi) is 4.00. The molecule has 2 aromatic rings. The predicted octanol–water partition coefficient (Wildman–Crippen LogP) is 3.78. The molecule has 0 saturated heterocycles. The van der Waals surface area contributed by atoms with E-state index in [2.05, 4.69) is 56.2 Å². The third kappa shape index (κ3) is 2.70. The van der Waals surface area contributed by atoms with E-state index in [-0.39, 0.29) is 0 Å². The molecule has 1 aliphatic heterocycles. The van der Waals surface area contributed by atoms with Gasteiger partial charge in [0, 0.05) is 35.8 Å². The first-order valence-electron chi connectivity index (χ1n) is 7.65. The van der Waals surface area contributed by atoms with Crippen LogP contribution in [-0.4, -0.2) is 25.1 Å². The van der Waals surface area contributed by atoms with E-state index in [4.69, 9.17) is 4.98 Å². The van der Waals surface area contributed by atoms with Crippen LogP contribution in [0.1, 0.15) is 36.0 Å². The summed E-state index contributed by atoms with van der Waals surface area (Å²) in [7, 11) is 2.16. The van der Waals surface area contributed by atoms with Crippen molar-refractivity contribution in [3.8, 4) is 10.6 Å². The second-order valence-corrected chi connectivity index (χ2v) is 6.79. The maximum absolute atomic E-state index is 4.79. The van der Waals surface area contributed by atoms with Gasteiger partial charge in [0.2, 0.25) is 0 Å². The number of fused-ring (bicyclic) bond motifs is 1. The molecule has 1 aromatic carbocycles. The van der Waals surface area contributed by atoms with Gasteiger partial charge in [-0.15, -0.1) is 11.3 Å². The summed E-state index contributed by atoms with van der Waals surface area (Å²) < 4.78 is 0. The van der Waals surface area contributed by atoms with Crippen molar-refractivity contribution in [3.05, 3.63) is 34.3 Å². The van der Waals surface area contributed by atoms with E-state index >= 15 is 0 Å². The Hall–Kier alpha value is -1.39. The third-order valence-corrected chi connectivity index (χ3v) is 5.58. The van der Waals surface area contributed by atoms with Crippen molar-refractivity contribution in [2.45, 2.75) is 33.2 Å². The summed E-state index contributed by atoms with van der Waals surface area (Å²) in [5.74, 6) is 0. The van der Waals surface area contributed by atoms with Gasteiger partial charge in [-0.1, -0.05) is 6.92 Å². The molecule has 1 N–H and O–H groups in total. The molecule has 1 unspecified atom stereocenters. The number of benzene rings is 1. The standard InChI is InChI=1S/C17H23N3S/c1-5-18-11(2)16-12(3)19-17(21-16)14-6-7-15-13(10-14)8-9-20(15)4/h6-7,10-11,18H,5,8-9H2,1-4H3. The number of rotatable bonds is 4. The summed E-state index contributed by atoms with van der Waals surface area (Å²) in [5, 5.41) is 4.62. The molecule has 0 aliphatic carbocycles. The fraction of sp³-hybridized carbons (Fsp3) is 0.471. The van der Waals surface area contributed by atoms with Crippen molar-refractivity contribution in [1.29, 1.82) is 0 Å². The highest BCUT2D eigenvalue weighted by Gasteiger charge is 2.18. The van der Waals surface area contributed by atoms with Crippen LogP contribution >= 0.6 is 11.3 Å². The number of nitrogens with zero attached hydrogens (tertiary/aromatic N) is 2. The van der Waals surface area contributed by atoms with E-state index in [0.717, 1.165) is 30.2 Å². The normalized spacial score (nSPS) is 15.3. The van der Waals surface area contributed by atoms with Gasteiger partial charge < -0.3 is 10.2 Å². The van der Waals surface area contributed by atoms with Crippen molar-refractivity contribution >= 4 is 17.0 Å². The van der Waals surface area contributed by atoms with Crippen LogP contribution in [0.25, 0.3) is 10.6 Å². The molecule has 0 fully saturated rings. The number of thiazole rings is 1. The smallest absolute Gasteiger partial charge is 0.123 e. The Morgan fingerprint density at radius 3 is 3.00 bits per heavy atom. The van der Waals surface area contributed by atoms with Crippen LogP contribution < -0.4 is 10.2 Å². The molecule has 4 heteroatoms. The van der Waals surface area contributed by atoms with Crippen molar-refractivity contribution in [1.82, 2.24) is 10.3 Å². The van der Waals surface area contributed by atoms with E-state index < -0.39 is 0 Å². The molecule has 2 heterocycles. The van der Waals surface area contributed by atoms with Gasteiger partial charge in [-0.3, -0.25) is 0 Å². The lowest BCUT2D eigenvalue weighted by Crippen LogP contribution is -2.17. The number of aromatic nitrogens is 1. The summed E-state index contributed by atoms with van der Waals surface area (Å²) in [5.41, 5.74) is 5.23. The average molecular weight is 301 g/mol. The molecular formula is C17H23N3S. The van der Waals surface area contributed by atoms with Gasteiger partial charge in [-0.25, -0.2) is 4.98 Å². The lowest BCUT2D eigenvalue weighted by molar-refractivity contribution is 0.603. The first kappa shape index (κ1) is 14.5. The summed E-state index contributed by atoms with van der Waals surface area (Å²) in [6, 6.07) is 7.14. The van der Waals surface area contributed by atoms with Crippen LogP contribution in [0, 0.1) is 6.92 Å². The van der Waals surface area contributed by atoms with Gasteiger partial charge in [0.1, 0.15) is 5.01 Å². The van der Waals surface area contributed by atoms with E-state index in [0.29, 0.717) is 6.04 Å². The molecule has 1 aliphatic rings. The van der Waals surface area contributed by atoms with Gasteiger partial charge in [0.05, 0.1) is 5.69 Å². The topological polar surface area (TPSA) is 28.2 Å². The molecule has 0 radical (unpaired) electrons. The molecule has 1 atom stereocenters. The first-order valence-corrected chi connectivity index (χ1v) is 8.47. The molecule has 3 rings (SSSR count). The molecule has 0 bridgehead atoms. The minimum absolute atomic E-state index is 0.377. The number of anilines is 1. The van der Waals surface area contributed by atoms with E-state index in [1.165, 1.54) is 21.7 Å². The molecule has 112 valence electrons. The van der Waals surface area contributed by atoms with Gasteiger partial charge >= 0.3 is 0 Å². The van der Waals surface area contributed by atoms with Crippen LogP contribution in [0.2, 0.25) is 0 Å². The van der Waals surface area contributed by atoms with E-state index in [1.807, 2.05) is 11.3 Å². The van der Waals surface area contributed by atoms with Crippen molar-refractivity contribution in [2.24, 2.45) is 0 Å². The lowest BCUT2D eigenvalue weighted by atomic mass is 10.1. The van der Waals surface area contributed by atoms with Crippen molar-refractivity contribution in [2.75, 3.05) is 25.0 Å². The lowest BCUT2D eigenvalue weighted by Gasteiger charge is -2.11. The zero-order valence-electron chi connectivity index (χ0n) is 13.2. The number of likely N-dealkylation sites (N-methyl/N-ethyl adjacent to an activating group) is 1. The van der Waals surface area contributed by atoms with Crippen molar-refractivity contribution in [3.63, 3.8) is 0 Å². The van der Waals surface area contributed by atoms with Crippen LogP contribution in [0.4, 0.5) is 5.69 Å². The van der Waals surface area contributed by atoms with E-state index in [9.17, 15) is 0 Å². The fourth-order valence-corrected chi connectivity index (χ4v) is 4.12. The maximum Gasteiger partial charge on any atom is 0.123 e. The summed E-state index contributed by atoms with van der Waals surface area (Å²) >= 11 is 1.82. The first-order chi connectivity index (χ1) is 10.1. The Morgan fingerprint density at radius 1 is 1.43 bits per heavy atom. The summed E-state index contributed by atoms with van der Waals surface area (Å²) in [4.78, 5) is 8.47. The highest BCUT2D eigenvalue weighted by Crippen LogP contribution is 2.35. The minimum atomic E-state index is 0.377. The fourth-order valence-electron chi connectivity index (χ4n) is 3.03. The number of hydrogen-bond acceptors (Lipinski definition) is 4. The summed E-state index contributed by atoms with van der Waals surface area (Å²) in [6.45, 7) is 8.58. The predicted molar refractivity (Wildman–Crippen MR) is 91.4 cm³/mol. The average Bonchev–Trinajstić information content (AvgIpc) is 3.03. The SMILES string of the molecule is CCNC(C)c1sc(-c2ccc3c(c2)CCN3C)nc1C. The highest BCUT2D eigenvalue weighted by molar-refractivity contribution is 7.15. The Bertz CT molecular complexity index is 647. The Labute approximate surface area is 131 Å². The molecule has 1 aromatic heterocycles. The zero-order chi connectivity index (χ0) is 15.0. The largest absolute Gasteiger partial charge is 0.374 e. The number of hydrogen-bond donors (Lipinski definition) is 1. The molecule has 21 heavy (non-hydrogen) atoms.